The number of carbonyl (C=O) groups excluding carboxylic acids is 2. The lowest BCUT2D eigenvalue weighted by Crippen LogP contribution is -2.36. The van der Waals surface area contributed by atoms with Crippen molar-refractivity contribution in [3.63, 3.8) is 0 Å². The molecule has 1 unspecified atom stereocenters. The van der Waals surface area contributed by atoms with Gasteiger partial charge in [-0.2, -0.15) is 4.99 Å². The van der Waals surface area contributed by atoms with Crippen molar-refractivity contribution in [3.05, 3.63) is 12.7 Å². The standard InChI is InChI=1S/C24H44N2O5/c1-7-9-10-11-12-16-31-23(28)26-21(4)20(3)18-24(5,6)19-25-22(27)30-17-13-15-29-14-8-2/h8,20H,2,7,9-19H2,1,3-6H3,(H,25,27). The van der Waals surface area contributed by atoms with Crippen LogP contribution in [0.25, 0.3) is 0 Å². The number of carbonyl (C=O) groups is 2. The van der Waals surface area contributed by atoms with E-state index >= 15 is 0 Å². The fraction of sp³-hybridized carbons (Fsp3) is 0.792. The molecule has 2 amide bonds. The minimum atomic E-state index is -0.517. The first kappa shape index (κ1) is 29.1. The Morgan fingerprint density at radius 2 is 1.74 bits per heavy atom. The molecule has 0 saturated heterocycles. The SMILES string of the molecule is C=CCOCCCOC(=O)NCC(C)(C)CC(C)C(C)=NC(=O)OCCCCCCC. The Kier molecular flexibility index (Phi) is 16.7. The van der Waals surface area contributed by atoms with E-state index in [0.29, 0.717) is 39.4 Å². The molecule has 0 aromatic rings. The van der Waals surface area contributed by atoms with Crippen LogP contribution in [0.4, 0.5) is 9.59 Å². The number of amides is 2. The zero-order valence-corrected chi connectivity index (χ0v) is 20.3. The minimum absolute atomic E-state index is 0.0898. The van der Waals surface area contributed by atoms with Crippen LogP contribution in [0.3, 0.4) is 0 Å². The Balaban J connectivity index is 4.16. The number of hydrogen-bond donors (Lipinski definition) is 1. The van der Waals surface area contributed by atoms with Crippen molar-refractivity contribution in [2.45, 2.75) is 79.6 Å². The summed E-state index contributed by atoms with van der Waals surface area (Å²) in [5.41, 5.74) is 0.567. The van der Waals surface area contributed by atoms with Crippen molar-refractivity contribution in [2.24, 2.45) is 16.3 Å². The number of nitrogens with one attached hydrogen (secondary N) is 1. The van der Waals surface area contributed by atoms with E-state index in [2.05, 4.69) is 37.7 Å². The Morgan fingerprint density at radius 1 is 1.06 bits per heavy atom. The molecule has 0 aliphatic rings. The summed E-state index contributed by atoms with van der Waals surface area (Å²) in [4.78, 5) is 27.9. The molecule has 0 aliphatic carbocycles. The van der Waals surface area contributed by atoms with Crippen LogP contribution in [0.15, 0.2) is 17.6 Å². The fourth-order valence-corrected chi connectivity index (χ4v) is 3.06. The molecular formula is C24H44N2O5. The van der Waals surface area contributed by atoms with Crippen LogP contribution in [-0.2, 0) is 14.2 Å². The van der Waals surface area contributed by atoms with Gasteiger partial charge in [0.05, 0.1) is 26.4 Å². The summed E-state index contributed by atoms with van der Waals surface area (Å²) < 4.78 is 15.6. The van der Waals surface area contributed by atoms with Gasteiger partial charge in [-0.05, 0) is 31.1 Å². The first-order valence-corrected chi connectivity index (χ1v) is 11.5. The maximum Gasteiger partial charge on any atom is 0.433 e. The Bertz CT molecular complexity index is 546. The highest BCUT2D eigenvalue weighted by Crippen LogP contribution is 2.25. The zero-order chi connectivity index (χ0) is 23.5. The maximum absolute atomic E-state index is 11.9. The number of alkyl carbamates (subject to hydrolysis) is 1. The van der Waals surface area contributed by atoms with E-state index in [9.17, 15) is 9.59 Å². The van der Waals surface area contributed by atoms with Crippen LogP contribution in [0.1, 0.15) is 79.6 Å². The summed E-state index contributed by atoms with van der Waals surface area (Å²) in [7, 11) is 0. The molecule has 0 aliphatic heterocycles. The molecule has 0 aromatic carbocycles. The zero-order valence-electron chi connectivity index (χ0n) is 20.3. The van der Waals surface area contributed by atoms with E-state index < -0.39 is 12.2 Å². The quantitative estimate of drug-likeness (QED) is 0.172. The molecule has 0 aromatic heterocycles. The van der Waals surface area contributed by atoms with E-state index in [0.717, 1.165) is 25.0 Å². The number of ether oxygens (including phenoxy) is 3. The normalized spacial score (nSPS) is 12.9. The highest BCUT2D eigenvalue weighted by Gasteiger charge is 2.24. The Hall–Kier alpha value is -1.89. The van der Waals surface area contributed by atoms with Crippen LogP contribution in [-0.4, -0.2) is 50.9 Å². The molecule has 7 nitrogen and oxygen atoms in total. The third-order valence-corrected chi connectivity index (χ3v) is 4.93. The highest BCUT2D eigenvalue weighted by atomic mass is 16.6. The van der Waals surface area contributed by atoms with Crippen LogP contribution in [0.5, 0.6) is 0 Å². The van der Waals surface area contributed by atoms with Gasteiger partial charge in [-0.1, -0.05) is 59.5 Å². The van der Waals surface area contributed by atoms with Gasteiger partial charge < -0.3 is 19.5 Å². The molecule has 0 bridgehead atoms. The van der Waals surface area contributed by atoms with Crippen LogP contribution >= 0.6 is 0 Å². The molecule has 0 rings (SSSR count). The first-order valence-electron chi connectivity index (χ1n) is 11.5. The van der Waals surface area contributed by atoms with Gasteiger partial charge in [0.2, 0.25) is 0 Å². The molecule has 1 atom stereocenters. The van der Waals surface area contributed by atoms with Crippen molar-refractivity contribution in [1.29, 1.82) is 0 Å². The van der Waals surface area contributed by atoms with Crippen LogP contribution < -0.4 is 5.32 Å². The number of hydrogen-bond acceptors (Lipinski definition) is 5. The van der Waals surface area contributed by atoms with Gasteiger partial charge in [0, 0.05) is 18.7 Å². The molecule has 0 spiro atoms. The van der Waals surface area contributed by atoms with Gasteiger partial charge in [0.15, 0.2) is 0 Å². The van der Waals surface area contributed by atoms with Gasteiger partial charge >= 0.3 is 12.2 Å². The van der Waals surface area contributed by atoms with E-state index in [1.54, 1.807) is 6.08 Å². The average molecular weight is 441 g/mol. The Morgan fingerprint density at radius 3 is 2.42 bits per heavy atom. The predicted molar refractivity (Wildman–Crippen MR) is 126 cm³/mol. The molecule has 1 N–H and O–H groups in total. The summed E-state index contributed by atoms with van der Waals surface area (Å²) in [6.07, 6.45) is 7.69. The number of nitrogens with zero attached hydrogens (tertiary/aromatic N) is 1. The maximum atomic E-state index is 11.9. The Labute approximate surface area is 189 Å². The second-order valence-corrected chi connectivity index (χ2v) is 8.76. The largest absolute Gasteiger partial charge is 0.449 e. The van der Waals surface area contributed by atoms with Crippen molar-refractivity contribution < 1.29 is 23.8 Å². The number of unbranched alkanes of at least 4 members (excludes halogenated alkanes) is 4. The van der Waals surface area contributed by atoms with E-state index in [1.807, 2.05) is 13.8 Å². The van der Waals surface area contributed by atoms with Crippen LogP contribution in [0.2, 0.25) is 0 Å². The monoisotopic (exact) mass is 440 g/mol. The van der Waals surface area contributed by atoms with Gasteiger partial charge in [-0.15, -0.1) is 6.58 Å². The highest BCUT2D eigenvalue weighted by molar-refractivity contribution is 5.93. The third kappa shape index (κ3) is 17.5. The molecule has 180 valence electrons. The third-order valence-electron chi connectivity index (χ3n) is 4.93. The number of aliphatic imine (C=N–C) groups is 1. The van der Waals surface area contributed by atoms with Crippen molar-refractivity contribution in [2.75, 3.05) is 33.0 Å². The topological polar surface area (TPSA) is 86.2 Å². The summed E-state index contributed by atoms with van der Waals surface area (Å²) in [6.45, 7) is 16.0. The summed E-state index contributed by atoms with van der Waals surface area (Å²) in [6, 6.07) is 0. The van der Waals surface area contributed by atoms with Crippen molar-refractivity contribution in [1.82, 2.24) is 5.32 Å². The molecule has 0 radical (unpaired) electrons. The first-order chi connectivity index (χ1) is 14.7. The second kappa shape index (κ2) is 17.8. The van der Waals surface area contributed by atoms with Crippen LogP contribution in [0, 0.1) is 11.3 Å². The average Bonchev–Trinajstić information content (AvgIpc) is 2.71. The molecule has 0 heterocycles. The lowest BCUT2D eigenvalue weighted by atomic mass is 9.82. The molecule has 31 heavy (non-hydrogen) atoms. The van der Waals surface area contributed by atoms with Crippen molar-refractivity contribution in [3.8, 4) is 0 Å². The number of rotatable bonds is 17. The summed E-state index contributed by atoms with van der Waals surface area (Å²) in [5.74, 6) is 0.0898. The molecule has 0 fully saturated rings. The van der Waals surface area contributed by atoms with Gasteiger partial charge in [0.25, 0.3) is 0 Å². The minimum Gasteiger partial charge on any atom is -0.449 e. The lowest BCUT2D eigenvalue weighted by molar-refractivity contribution is 0.111. The van der Waals surface area contributed by atoms with E-state index in [4.69, 9.17) is 14.2 Å². The van der Waals surface area contributed by atoms with Gasteiger partial charge in [-0.3, -0.25) is 0 Å². The summed E-state index contributed by atoms with van der Waals surface area (Å²) >= 11 is 0. The smallest absolute Gasteiger partial charge is 0.433 e. The van der Waals surface area contributed by atoms with E-state index in [1.165, 1.54) is 19.3 Å². The fourth-order valence-electron chi connectivity index (χ4n) is 3.06. The van der Waals surface area contributed by atoms with Crippen molar-refractivity contribution >= 4 is 17.9 Å². The summed E-state index contributed by atoms with van der Waals surface area (Å²) in [5, 5.41) is 2.81. The molecule has 7 heteroatoms. The van der Waals surface area contributed by atoms with E-state index in [-0.39, 0.29) is 11.3 Å². The van der Waals surface area contributed by atoms with Gasteiger partial charge in [0.1, 0.15) is 0 Å². The van der Waals surface area contributed by atoms with Gasteiger partial charge in [-0.25, -0.2) is 9.59 Å². The molecular weight excluding hydrogens is 396 g/mol. The lowest BCUT2D eigenvalue weighted by Gasteiger charge is -2.28. The second-order valence-electron chi connectivity index (χ2n) is 8.76. The molecule has 0 saturated carbocycles. The predicted octanol–water partition coefficient (Wildman–Crippen LogP) is 5.93.